The third kappa shape index (κ3) is 4.79. The molecule has 1 N–H and O–H groups in total. The number of anilines is 1. The minimum atomic E-state index is -0.479. The number of hydrogen-bond donors (Lipinski definition) is 1. The van der Waals surface area contributed by atoms with E-state index in [0.29, 0.717) is 30.4 Å². The Labute approximate surface area is 222 Å². The van der Waals surface area contributed by atoms with Crippen LogP contribution in [0.3, 0.4) is 0 Å². The summed E-state index contributed by atoms with van der Waals surface area (Å²) in [5.41, 5.74) is 2.52. The number of carbonyl (C=O) groups is 2. The second-order valence-corrected chi connectivity index (χ2v) is 9.32. The number of carbonyl (C=O) groups excluding carboxylic acids is 2. The summed E-state index contributed by atoms with van der Waals surface area (Å²) in [4.78, 5) is 26.6. The Balaban J connectivity index is 1.42. The Morgan fingerprint density at radius 1 is 0.917 bits per heavy atom. The maximum absolute atomic E-state index is 13.0. The minimum absolute atomic E-state index is 0.200. The van der Waals surface area contributed by atoms with E-state index in [1.54, 1.807) is 30.3 Å². The third-order valence-corrected chi connectivity index (χ3v) is 6.59. The van der Waals surface area contributed by atoms with Crippen LogP contribution in [-0.4, -0.2) is 18.5 Å². The minimum Gasteiger partial charge on any atom is -0.490 e. The monoisotopic (exact) mass is 590 g/mol. The van der Waals surface area contributed by atoms with Crippen molar-refractivity contribution in [3.05, 3.63) is 105 Å². The average Bonchev–Trinajstić information content (AvgIpc) is 3.16. The van der Waals surface area contributed by atoms with Gasteiger partial charge in [-0.2, -0.15) is 0 Å². The van der Waals surface area contributed by atoms with Crippen molar-refractivity contribution < 1.29 is 19.1 Å². The molecule has 0 saturated carbocycles. The van der Waals surface area contributed by atoms with Gasteiger partial charge in [0.05, 0.1) is 15.9 Å². The predicted molar refractivity (Wildman–Crippen MR) is 149 cm³/mol. The molecule has 1 aliphatic rings. The number of nitrogens with zero attached hydrogens (tertiary/aromatic N) is 1. The van der Waals surface area contributed by atoms with Gasteiger partial charge in [-0.05, 0) is 81.8 Å². The molecule has 180 valence electrons. The van der Waals surface area contributed by atoms with Crippen LogP contribution < -0.4 is 19.7 Å². The lowest BCUT2D eigenvalue weighted by Gasteiger charge is -2.16. The maximum Gasteiger partial charge on any atom is 0.333 e. The Bertz CT molecular complexity index is 1480. The molecule has 1 saturated heterocycles. The van der Waals surface area contributed by atoms with Crippen molar-refractivity contribution in [2.24, 2.45) is 0 Å². The fraction of sp³-hybridized carbons (Fsp3) is 0.103. The molecular formula is C29H23IN2O4. The fourth-order valence-electron chi connectivity index (χ4n) is 4.16. The van der Waals surface area contributed by atoms with E-state index in [1.165, 1.54) is 0 Å². The zero-order valence-corrected chi connectivity index (χ0v) is 21.7. The van der Waals surface area contributed by atoms with Crippen LogP contribution in [0.15, 0.2) is 90.6 Å². The Morgan fingerprint density at radius 3 is 2.47 bits per heavy atom. The number of urea groups is 1. The molecule has 1 aliphatic heterocycles. The second kappa shape index (κ2) is 10.4. The molecule has 0 atom stereocenters. The van der Waals surface area contributed by atoms with Crippen LogP contribution >= 0.6 is 22.6 Å². The summed E-state index contributed by atoms with van der Waals surface area (Å²) in [6.07, 6.45) is 1.66. The zero-order valence-electron chi connectivity index (χ0n) is 19.5. The van der Waals surface area contributed by atoms with E-state index >= 15 is 0 Å². The van der Waals surface area contributed by atoms with E-state index in [0.717, 1.165) is 30.4 Å². The number of imide groups is 1. The lowest BCUT2D eigenvalue weighted by molar-refractivity contribution is -0.113. The first kappa shape index (κ1) is 23.9. The highest BCUT2D eigenvalue weighted by Gasteiger charge is 2.34. The normalized spacial score (nSPS) is 14.4. The highest BCUT2D eigenvalue weighted by molar-refractivity contribution is 14.1. The van der Waals surface area contributed by atoms with Gasteiger partial charge < -0.3 is 14.8 Å². The van der Waals surface area contributed by atoms with Crippen LogP contribution in [0.1, 0.15) is 18.1 Å². The Hall–Kier alpha value is -3.85. The molecule has 0 bridgehead atoms. The van der Waals surface area contributed by atoms with Crippen molar-refractivity contribution in [1.82, 2.24) is 5.32 Å². The first-order valence-electron chi connectivity index (χ1n) is 11.5. The van der Waals surface area contributed by atoms with Gasteiger partial charge in [0.15, 0.2) is 11.5 Å². The number of hydrogen-bond acceptors (Lipinski definition) is 4. The number of benzene rings is 4. The third-order valence-electron chi connectivity index (χ3n) is 5.79. The van der Waals surface area contributed by atoms with Gasteiger partial charge in [0.1, 0.15) is 12.3 Å². The van der Waals surface area contributed by atoms with Crippen LogP contribution in [0.4, 0.5) is 10.5 Å². The molecule has 1 heterocycles. The summed E-state index contributed by atoms with van der Waals surface area (Å²) in [7, 11) is 0. The summed E-state index contributed by atoms with van der Waals surface area (Å²) in [5, 5.41) is 4.98. The maximum atomic E-state index is 13.0. The molecule has 1 fully saturated rings. The summed E-state index contributed by atoms with van der Waals surface area (Å²) < 4.78 is 13.0. The highest BCUT2D eigenvalue weighted by Crippen LogP contribution is 2.36. The van der Waals surface area contributed by atoms with E-state index in [4.69, 9.17) is 9.47 Å². The summed E-state index contributed by atoms with van der Waals surface area (Å²) in [6, 6.07) is 26.5. The Kier molecular flexibility index (Phi) is 6.90. The van der Waals surface area contributed by atoms with E-state index in [9.17, 15) is 9.59 Å². The lowest BCUT2D eigenvalue weighted by Crippen LogP contribution is -2.30. The van der Waals surface area contributed by atoms with Gasteiger partial charge in [-0.25, -0.2) is 9.69 Å². The first-order valence-corrected chi connectivity index (χ1v) is 12.6. The number of halogens is 1. The smallest absolute Gasteiger partial charge is 0.333 e. The van der Waals surface area contributed by atoms with Crippen molar-refractivity contribution in [2.75, 3.05) is 11.5 Å². The van der Waals surface area contributed by atoms with Gasteiger partial charge in [0.25, 0.3) is 5.91 Å². The van der Waals surface area contributed by atoms with Gasteiger partial charge in [-0.1, -0.05) is 60.7 Å². The molecule has 0 aliphatic carbocycles. The number of rotatable bonds is 7. The van der Waals surface area contributed by atoms with Gasteiger partial charge in [0, 0.05) is 0 Å². The van der Waals surface area contributed by atoms with Crippen molar-refractivity contribution in [2.45, 2.75) is 13.5 Å². The first-order chi connectivity index (χ1) is 17.5. The van der Waals surface area contributed by atoms with Crippen molar-refractivity contribution in [1.29, 1.82) is 0 Å². The quantitative estimate of drug-likeness (QED) is 0.151. The number of para-hydroxylation sites is 1. The number of ether oxygens (including phenoxy) is 2. The summed E-state index contributed by atoms with van der Waals surface area (Å²) in [6.45, 7) is 2.75. The molecule has 0 radical (unpaired) electrons. The van der Waals surface area contributed by atoms with Gasteiger partial charge in [0.2, 0.25) is 0 Å². The lowest BCUT2D eigenvalue weighted by atomic mass is 10.1. The van der Waals surface area contributed by atoms with Crippen molar-refractivity contribution in [3.8, 4) is 11.5 Å². The Morgan fingerprint density at radius 2 is 1.67 bits per heavy atom. The number of nitrogens with one attached hydrogen (secondary N) is 1. The molecule has 4 aromatic rings. The summed E-state index contributed by atoms with van der Waals surface area (Å²) >= 11 is 2.20. The largest absolute Gasteiger partial charge is 0.490 e. The molecule has 6 nitrogen and oxygen atoms in total. The van der Waals surface area contributed by atoms with Gasteiger partial charge in [-0.15, -0.1) is 0 Å². The molecule has 7 heteroatoms. The topological polar surface area (TPSA) is 67.9 Å². The molecule has 0 aromatic heterocycles. The fourth-order valence-corrected chi connectivity index (χ4v) is 4.94. The van der Waals surface area contributed by atoms with Gasteiger partial charge >= 0.3 is 6.03 Å². The van der Waals surface area contributed by atoms with Crippen LogP contribution in [0.5, 0.6) is 11.5 Å². The molecule has 0 spiro atoms. The average molecular weight is 590 g/mol. The SMILES string of the molecule is CCOc1cc(/C=C2\NC(=O)N(c3ccccc3)C2=O)cc(I)c1OCc1cccc2ccccc12. The number of amides is 3. The molecule has 5 rings (SSSR count). The zero-order chi connectivity index (χ0) is 25.1. The van der Waals surface area contributed by atoms with E-state index in [-0.39, 0.29) is 5.70 Å². The van der Waals surface area contributed by atoms with Crippen LogP contribution in [0.25, 0.3) is 16.8 Å². The van der Waals surface area contributed by atoms with E-state index in [1.807, 2.05) is 43.3 Å². The standard InChI is InChI=1S/C29H23IN2O4/c1-2-35-26-17-19(16-25-28(33)32(29(34)31-25)22-12-4-3-5-13-22)15-24(30)27(26)36-18-21-11-8-10-20-9-6-7-14-23(20)21/h3-17H,2,18H2,1H3,(H,31,34)/b25-16-. The van der Waals surface area contributed by atoms with Crippen LogP contribution in [-0.2, 0) is 11.4 Å². The molecular weight excluding hydrogens is 567 g/mol. The van der Waals surface area contributed by atoms with Crippen molar-refractivity contribution >= 4 is 57.1 Å². The molecule has 0 unspecified atom stereocenters. The van der Waals surface area contributed by atoms with Crippen LogP contribution in [0.2, 0.25) is 0 Å². The van der Waals surface area contributed by atoms with Gasteiger partial charge in [-0.3, -0.25) is 4.79 Å². The van der Waals surface area contributed by atoms with E-state index < -0.39 is 11.9 Å². The molecule has 36 heavy (non-hydrogen) atoms. The predicted octanol–water partition coefficient (Wildman–Crippen LogP) is 6.52. The molecule has 4 aromatic carbocycles. The van der Waals surface area contributed by atoms with Crippen molar-refractivity contribution in [3.63, 3.8) is 0 Å². The van der Waals surface area contributed by atoms with E-state index in [2.05, 4.69) is 52.2 Å². The highest BCUT2D eigenvalue weighted by atomic mass is 127. The number of fused-ring (bicyclic) bond motifs is 1. The summed E-state index contributed by atoms with van der Waals surface area (Å²) in [5.74, 6) is 0.809. The van der Waals surface area contributed by atoms with Crippen LogP contribution in [0, 0.1) is 3.57 Å². The molecule has 3 amide bonds. The second-order valence-electron chi connectivity index (χ2n) is 8.15.